The van der Waals surface area contributed by atoms with E-state index in [4.69, 9.17) is 9.15 Å². The second-order valence-corrected chi connectivity index (χ2v) is 10.9. The van der Waals surface area contributed by atoms with Gasteiger partial charge in [0.25, 0.3) is 11.8 Å². The molecule has 3 aromatic rings. The van der Waals surface area contributed by atoms with Gasteiger partial charge >= 0.3 is 0 Å². The van der Waals surface area contributed by atoms with Crippen LogP contribution in [-0.2, 0) is 4.79 Å². The van der Waals surface area contributed by atoms with Crippen molar-refractivity contribution < 1.29 is 27.9 Å². The van der Waals surface area contributed by atoms with Crippen molar-refractivity contribution in [2.45, 2.75) is 52.4 Å². The van der Waals surface area contributed by atoms with Crippen LogP contribution in [0.2, 0.25) is 0 Å². The third-order valence-corrected chi connectivity index (χ3v) is 8.20. The molecule has 0 radical (unpaired) electrons. The number of rotatable bonds is 1. The van der Waals surface area contributed by atoms with E-state index in [1.165, 1.54) is 18.2 Å². The molecule has 0 unspecified atom stereocenters. The average Bonchev–Trinajstić information content (AvgIpc) is 3.27. The number of amides is 3. The van der Waals surface area contributed by atoms with E-state index in [2.05, 4.69) is 10.6 Å². The first kappa shape index (κ1) is 27.7. The van der Waals surface area contributed by atoms with Crippen LogP contribution in [-0.4, -0.2) is 55.4 Å². The van der Waals surface area contributed by atoms with E-state index in [1.54, 1.807) is 17.9 Å². The maximum Gasteiger partial charge on any atom is 0.289 e. The highest BCUT2D eigenvalue weighted by Gasteiger charge is 2.42. The lowest BCUT2D eigenvalue weighted by molar-refractivity contribution is -0.134. The maximum absolute atomic E-state index is 13.7. The number of fused-ring (bicyclic) bond motifs is 2. The first-order valence-corrected chi connectivity index (χ1v) is 14.1. The Bertz CT molecular complexity index is 1420. The molecule has 1 aromatic heterocycles. The van der Waals surface area contributed by atoms with Crippen molar-refractivity contribution in [1.29, 1.82) is 0 Å². The van der Waals surface area contributed by atoms with Crippen LogP contribution in [0.25, 0.3) is 11.0 Å². The molecular weight excluding hydrogens is 513 g/mol. The van der Waals surface area contributed by atoms with E-state index in [-0.39, 0.29) is 29.3 Å². The van der Waals surface area contributed by atoms with Crippen LogP contribution in [0.4, 0.5) is 4.39 Å². The van der Waals surface area contributed by atoms with Crippen molar-refractivity contribution in [3.8, 4) is 5.75 Å². The largest absolute Gasteiger partial charge is 0.493 e. The lowest BCUT2D eigenvalue weighted by atomic mass is 9.73. The summed E-state index contributed by atoms with van der Waals surface area (Å²) in [4.78, 5) is 41.4. The highest BCUT2D eigenvalue weighted by Crippen LogP contribution is 2.38. The molecule has 2 aliphatic rings. The topological polar surface area (TPSA) is 101 Å². The minimum atomic E-state index is -0.589. The molecule has 1 spiro atoms. The summed E-state index contributed by atoms with van der Waals surface area (Å²) >= 11 is 0. The number of halogens is 1. The number of aryl methyl sites for hydroxylation is 2. The van der Waals surface area contributed by atoms with Crippen molar-refractivity contribution in [2.75, 3.05) is 32.8 Å². The number of carbonyl (C=O) groups is 3. The molecule has 2 N–H and O–H groups in total. The van der Waals surface area contributed by atoms with Crippen LogP contribution in [0.1, 0.15) is 70.6 Å². The summed E-state index contributed by atoms with van der Waals surface area (Å²) in [5.41, 5.74) is 2.03. The number of hydrogen-bond acceptors (Lipinski definition) is 5. The van der Waals surface area contributed by atoms with Crippen LogP contribution in [0.5, 0.6) is 5.75 Å². The molecular formula is C31H36FN3O5. The van der Waals surface area contributed by atoms with E-state index in [1.807, 2.05) is 19.1 Å². The minimum absolute atomic E-state index is 0.00476. The summed E-state index contributed by atoms with van der Waals surface area (Å²) in [6, 6.07) is 9.77. The van der Waals surface area contributed by atoms with Gasteiger partial charge in [-0.05, 0) is 81.8 Å². The Labute approximate surface area is 233 Å². The lowest BCUT2D eigenvalue weighted by Crippen LogP contribution is -2.50. The molecule has 2 aromatic carbocycles. The van der Waals surface area contributed by atoms with Gasteiger partial charge in [-0.15, -0.1) is 0 Å². The third-order valence-electron chi connectivity index (χ3n) is 8.20. The Kier molecular flexibility index (Phi) is 8.09. The van der Waals surface area contributed by atoms with Gasteiger partial charge in [0, 0.05) is 37.1 Å². The molecule has 0 saturated carbocycles. The zero-order valence-electron chi connectivity index (χ0n) is 23.1. The number of hydrogen-bond donors (Lipinski definition) is 2. The second-order valence-electron chi connectivity index (χ2n) is 10.9. The van der Waals surface area contributed by atoms with Gasteiger partial charge in [0.15, 0.2) is 5.76 Å². The van der Waals surface area contributed by atoms with E-state index in [9.17, 15) is 18.8 Å². The molecule has 0 aliphatic carbocycles. The van der Waals surface area contributed by atoms with Crippen LogP contribution >= 0.6 is 0 Å². The van der Waals surface area contributed by atoms with Crippen LogP contribution in [0, 0.1) is 25.1 Å². The fraction of sp³-hybridized carbons (Fsp3) is 0.452. The molecule has 8 nitrogen and oxygen atoms in total. The summed E-state index contributed by atoms with van der Waals surface area (Å²) in [7, 11) is 0. The zero-order chi connectivity index (χ0) is 28.3. The predicted molar refractivity (Wildman–Crippen MR) is 149 cm³/mol. The van der Waals surface area contributed by atoms with Gasteiger partial charge in [-0.3, -0.25) is 14.4 Å². The van der Waals surface area contributed by atoms with Gasteiger partial charge in [-0.2, -0.15) is 0 Å². The standard InChI is InChI=1S/C31H36FN3O5/c1-20-6-8-23-26(18-20)39-17-5-14-34-30(38)31(10-3-4-13-33-28(23)36)11-15-35(16-12-31)29(37)27-21(2)24-19-22(32)7-9-25(24)40-27/h6-9,18-19H,3-5,10-17H2,1-2H3,(H,33,36)(H,34,38). The Morgan fingerprint density at radius 1 is 0.950 bits per heavy atom. The summed E-state index contributed by atoms with van der Waals surface area (Å²) in [6.45, 7) is 5.90. The third kappa shape index (κ3) is 5.69. The molecule has 9 heteroatoms. The number of carbonyl (C=O) groups excluding carboxylic acids is 3. The first-order chi connectivity index (χ1) is 19.3. The number of likely N-dealkylation sites (tertiary alicyclic amines) is 1. The van der Waals surface area contributed by atoms with Gasteiger partial charge in [-0.1, -0.05) is 12.5 Å². The normalized spacial score (nSPS) is 18.7. The van der Waals surface area contributed by atoms with E-state index >= 15 is 0 Å². The predicted octanol–water partition coefficient (Wildman–Crippen LogP) is 4.91. The fourth-order valence-corrected chi connectivity index (χ4v) is 5.73. The molecule has 1 saturated heterocycles. The van der Waals surface area contributed by atoms with Crippen molar-refractivity contribution in [2.24, 2.45) is 5.41 Å². The molecule has 0 bridgehead atoms. The molecule has 3 heterocycles. The number of furan rings is 1. The Balaban J connectivity index is 1.25. The molecule has 0 atom stereocenters. The number of benzene rings is 2. The highest BCUT2D eigenvalue weighted by atomic mass is 19.1. The molecule has 3 amide bonds. The minimum Gasteiger partial charge on any atom is -0.493 e. The maximum atomic E-state index is 13.7. The van der Waals surface area contributed by atoms with Crippen molar-refractivity contribution in [1.82, 2.24) is 15.5 Å². The molecule has 1 fully saturated rings. The number of nitrogens with zero attached hydrogens (tertiary/aromatic N) is 1. The SMILES string of the molecule is Cc1ccc2c(c1)OCCCNC(=O)C1(CCCCNC2=O)CCN(C(=O)c2oc3ccc(F)cc3c2C)CC1. The van der Waals surface area contributed by atoms with Gasteiger partial charge in [0.05, 0.1) is 17.6 Å². The summed E-state index contributed by atoms with van der Waals surface area (Å²) in [5.74, 6) is -0.00544. The Morgan fingerprint density at radius 3 is 2.52 bits per heavy atom. The monoisotopic (exact) mass is 549 g/mol. The number of piperidine rings is 1. The van der Waals surface area contributed by atoms with Crippen LogP contribution in [0.3, 0.4) is 0 Å². The molecule has 212 valence electrons. The van der Waals surface area contributed by atoms with Crippen molar-refractivity contribution >= 4 is 28.7 Å². The lowest BCUT2D eigenvalue weighted by Gasteiger charge is -2.40. The van der Waals surface area contributed by atoms with Gasteiger partial charge in [0.2, 0.25) is 5.91 Å². The second kappa shape index (κ2) is 11.7. The van der Waals surface area contributed by atoms with Gasteiger partial charge < -0.3 is 24.7 Å². The number of nitrogens with one attached hydrogen (secondary N) is 2. The van der Waals surface area contributed by atoms with Crippen molar-refractivity contribution in [3.05, 3.63) is 64.7 Å². The molecule has 5 rings (SSSR count). The van der Waals surface area contributed by atoms with Crippen molar-refractivity contribution in [3.63, 3.8) is 0 Å². The highest BCUT2D eigenvalue weighted by molar-refractivity contribution is 5.99. The molecule has 40 heavy (non-hydrogen) atoms. The first-order valence-electron chi connectivity index (χ1n) is 14.1. The smallest absolute Gasteiger partial charge is 0.289 e. The van der Waals surface area contributed by atoms with Gasteiger partial charge in [0.1, 0.15) is 17.1 Å². The summed E-state index contributed by atoms with van der Waals surface area (Å²) in [6.07, 6.45) is 3.85. The van der Waals surface area contributed by atoms with E-state index < -0.39 is 5.41 Å². The van der Waals surface area contributed by atoms with Crippen LogP contribution < -0.4 is 15.4 Å². The quantitative estimate of drug-likeness (QED) is 0.449. The Morgan fingerprint density at radius 2 is 1.73 bits per heavy atom. The Hall–Kier alpha value is -3.88. The summed E-state index contributed by atoms with van der Waals surface area (Å²) in [5, 5.41) is 6.68. The van der Waals surface area contributed by atoms with E-state index in [0.29, 0.717) is 86.3 Å². The summed E-state index contributed by atoms with van der Waals surface area (Å²) < 4.78 is 25.5. The fourth-order valence-electron chi connectivity index (χ4n) is 5.73. The average molecular weight is 550 g/mol. The number of ether oxygens (including phenoxy) is 1. The van der Waals surface area contributed by atoms with Gasteiger partial charge in [-0.25, -0.2) is 4.39 Å². The van der Waals surface area contributed by atoms with Crippen LogP contribution in [0.15, 0.2) is 40.8 Å². The molecule has 2 aliphatic heterocycles. The van der Waals surface area contributed by atoms with E-state index in [0.717, 1.165) is 18.4 Å². The zero-order valence-corrected chi connectivity index (χ0v) is 23.1.